The van der Waals surface area contributed by atoms with Crippen molar-refractivity contribution in [2.24, 2.45) is 0 Å². The molecule has 0 amide bonds. The molecule has 2 unspecified atom stereocenters. The molecule has 2 saturated heterocycles. The van der Waals surface area contributed by atoms with Gasteiger partial charge in [0.2, 0.25) is 0 Å². The minimum Gasteiger partial charge on any atom is -0.389 e. The minimum absolute atomic E-state index is 0.341. The number of aryl methyl sites for hydroxylation is 1. The number of nitrogens with zero attached hydrogens (tertiary/aromatic N) is 2. The summed E-state index contributed by atoms with van der Waals surface area (Å²) < 4.78 is 0. The fourth-order valence-corrected chi connectivity index (χ4v) is 4.87. The molecule has 0 bridgehead atoms. The molecule has 52 heavy (non-hydrogen) atoms. The van der Waals surface area contributed by atoms with Crippen molar-refractivity contribution >= 4 is 6.08 Å². The maximum Gasteiger partial charge on any atom is 0.0761 e. The Morgan fingerprint density at radius 3 is 0.981 bits per heavy atom. The molecule has 0 radical (unpaired) electrons. The molecule has 2 aliphatic heterocycles. The van der Waals surface area contributed by atoms with Crippen molar-refractivity contribution in [3.8, 4) is 0 Å². The summed E-state index contributed by atoms with van der Waals surface area (Å²) in [6, 6.07) is 39.7. The first-order valence-electron chi connectivity index (χ1n) is 19.8. The largest absolute Gasteiger partial charge is 0.389 e. The summed E-state index contributed by atoms with van der Waals surface area (Å²) in [5, 5.41) is 18.0. The van der Waals surface area contributed by atoms with E-state index >= 15 is 0 Å². The number of aliphatic hydroxyl groups excluding tert-OH is 2. The number of aliphatic hydroxyl groups is 2. The van der Waals surface area contributed by atoms with E-state index in [4.69, 9.17) is 10.2 Å². The summed E-state index contributed by atoms with van der Waals surface area (Å²) in [5.41, 5.74) is 4.52. The Labute approximate surface area is 321 Å². The molecule has 2 atom stereocenters. The molecule has 290 valence electrons. The van der Waals surface area contributed by atoms with Crippen LogP contribution in [0.4, 0.5) is 0 Å². The third-order valence-electron chi connectivity index (χ3n) is 8.01. The van der Waals surface area contributed by atoms with E-state index in [0.29, 0.717) is 0 Å². The molecule has 6 rings (SSSR count). The van der Waals surface area contributed by atoms with Crippen LogP contribution in [-0.4, -0.2) is 60.3 Å². The van der Waals surface area contributed by atoms with Crippen LogP contribution in [-0.2, 0) is 6.42 Å². The van der Waals surface area contributed by atoms with Gasteiger partial charge in [-0.1, -0.05) is 181 Å². The van der Waals surface area contributed by atoms with E-state index in [1.165, 1.54) is 75.8 Å². The second-order valence-corrected chi connectivity index (χ2v) is 12.4. The molecule has 2 heterocycles. The van der Waals surface area contributed by atoms with Crippen LogP contribution in [0, 0.1) is 0 Å². The standard InChI is InChI=1S/2C8H10O.C8H10.C8H8.2C6H13N.2C2H6/c2*1-7(9)8-5-3-2-4-6-8;2*1-2-8-6-4-3-5-7-8;2*1-7-5-3-2-4-6-7;2*1-2/h2*2-7,9H,1H3;3-7H,2H2,1H3;2-7H,1H2;2*2-6H2,1H3;2*1-2H3. The SMILES string of the molecule is C=Cc1ccccc1.CC.CC.CC(O)c1ccccc1.CC(O)c1ccccc1.CCc1ccccc1.CN1CCCCC1.CN1CCCCC1. The molecule has 0 aliphatic carbocycles. The number of rotatable bonds is 4. The Hall–Kier alpha value is -3.54. The van der Waals surface area contributed by atoms with E-state index in [9.17, 15) is 0 Å². The molecule has 4 aromatic carbocycles. The van der Waals surface area contributed by atoms with E-state index in [2.05, 4.69) is 61.7 Å². The van der Waals surface area contributed by atoms with E-state index in [-0.39, 0.29) is 12.2 Å². The summed E-state index contributed by atoms with van der Waals surface area (Å²) in [6.45, 7) is 22.6. The van der Waals surface area contributed by atoms with Gasteiger partial charge in [0.1, 0.15) is 0 Å². The zero-order valence-electron chi connectivity index (χ0n) is 34.6. The van der Waals surface area contributed by atoms with Crippen molar-refractivity contribution in [3.05, 3.63) is 150 Å². The molecule has 4 heteroatoms. The third-order valence-corrected chi connectivity index (χ3v) is 8.01. The van der Waals surface area contributed by atoms with E-state index in [1.807, 2.05) is 131 Å². The quantitative estimate of drug-likeness (QED) is 0.221. The maximum atomic E-state index is 9.02. The van der Waals surface area contributed by atoms with Gasteiger partial charge in [0.05, 0.1) is 12.2 Å². The lowest BCUT2D eigenvalue weighted by molar-refractivity contribution is 0.199. The molecule has 2 aliphatic rings. The summed E-state index contributed by atoms with van der Waals surface area (Å²) in [4.78, 5) is 4.78. The van der Waals surface area contributed by atoms with Crippen molar-refractivity contribution in [1.29, 1.82) is 0 Å². The maximum absolute atomic E-state index is 9.02. The second-order valence-electron chi connectivity index (χ2n) is 12.4. The molecular weight excluding hydrogens is 637 g/mol. The topological polar surface area (TPSA) is 46.9 Å². The zero-order chi connectivity index (χ0) is 39.2. The van der Waals surface area contributed by atoms with Crippen molar-refractivity contribution in [2.45, 2.75) is 106 Å². The zero-order valence-corrected chi connectivity index (χ0v) is 34.6. The summed E-state index contributed by atoms with van der Waals surface area (Å²) in [7, 11) is 4.39. The van der Waals surface area contributed by atoms with Gasteiger partial charge in [0.25, 0.3) is 0 Å². The van der Waals surface area contributed by atoms with Crippen molar-refractivity contribution in [3.63, 3.8) is 0 Å². The Morgan fingerprint density at radius 1 is 0.519 bits per heavy atom. The van der Waals surface area contributed by atoms with Crippen LogP contribution in [0.25, 0.3) is 6.08 Å². The Bertz CT molecular complexity index is 1180. The normalized spacial score (nSPS) is 14.3. The van der Waals surface area contributed by atoms with Crippen LogP contribution in [0.15, 0.2) is 128 Å². The first kappa shape index (κ1) is 50.6. The van der Waals surface area contributed by atoms with Crippen LogP contribution < -0.4 is 0 Å². The highest BCUT2D eigenvalue weighted by atomic mass is 16.3. The molecule has 4 nitrogen and oxygen atoms in total. The van der Waals surface area contributed by atoms with Gasteiger partial charge >= 0.3 is 0 Å². The van der Waals surface area contributed by atoms with Gasteiger partial charge in [-0.3, -0.25) is 0 Å². The monoisotopic (exact) mass is 713 g/mol. The third kappa shape index (κ3) is 30.1. The Morgan fingerprint density at radius 2 is 0.808 bits per heavy atom. The average Bonchev–Trinajstić information content (AvgIpc) is 3.22. The molecule has 2 fully saturated rings. The van der Waals surface area contributed by atoms with E-state index in [0.717, 1.165) is 17.5 Å². The molecule has 0 saturated carbocycles. The van der Waals surface area contributed by atoms with Crippen LogP contribution in [0.3, 0.4) is 0 Å². The van der Waals surface area contributed by atoms with Crippen molar-refractivity contribution in [2.75, 3.05) is 40.3 Å². The lowest BCUT2D eigenvalue weighted by Gasteiger charge is -2.20. The molecule has 0 aromatic heterocycles. The van der Waals surface area contributed by atoms with Gasteiger partial charge in [-0.15, -0.1) is 0 Å². The first-order valence-corrected chi connectivity index (χ1v) is 19.8. The second kappa shape index (κ2) is 37.2. The van der Waals surface area contributed by atoms with Gasteiger partial charge in [-0.05, 0) is 108 Å². The first-order chi connectivity index (χ1) is 25.3. The summed E-state index contributed by atoms with van der Waals surface area (Å²) >= 11 is 0. The van der Waals surface area contributed by atoms with Crippen molar-refractivity contribution in [1.82, 2.24) is 9.80 Å². The lowest BCUT2D eigenvalue weighted by atomic mass is 10.1. The predicted molar refractivity (Wildman–Crippen MR) is 232 cm³/mol. The molecule has 4 aromatic rings. The molecule has 0 spiro atoms. The number of piperidine rings is 2. The molecular formula is C48H76N2O2. The van der Waals surface area contributed by atoms with Crippen LogP contribution in [0.5, 0.6) is 0 Å². The van der Waals surface area contributed by atoms with Crippen molar-refractivity contribution < 1.29 is 10.2 Å². The van der Waals surface area contributed by atoms with Gasteiger partial charge < -0.3 is 20.0 Å². The summed E-state index contributed by atoms with van der Waals surface area (Å²) in [5.74, 6) is 0. The number of hydrogen-bond donors (Lipinski definition) is 2. The number of hydrogen-bond acceptors (Lipinski definition) is 4. The highest BCUT2D eigenvalue weighted by Gasteiger charge is 2.03. The smallest absolute Gasteiger partial charge is 0.0761 e. The Kier molecular flexibility index (Phi) is 36.2. The average molecular weight is 713 g/mol. The van der Waals surface area contributed by atoms with Crippen LogP contribution in [0.1, 0.15) is 121 Å². The summed E-state index contributed by atoms with van der Waals surface area (Å²) in [6.07, 6.45) is 10.8. The Balaban J connectivity index is 0. The fraction of sp³-hybridized carbons (Fsp3) is 0.458. The minimum atomic E-state index is -0.341. The van der Waals surface area contributed by atoms with Gasteiger partial charge in [0.15, 0.2) is 0 Å². The van der Waals surface area contributed by atoms with Crippen LogP contribution in [0.2, 0.25) is 0 Å². The highest BCUT2D eigenvalue weighted by Crippen LogP contribution is 2.10. The van der Waals surface area contributed by atoms with Gasteiger partial charge in [0, 0.05) is 0 Å². The number of likely N-dealkylation sites (tertiary alicyclic amines) is 2. The van der Waals surface area contributed by atoms with E-state index < -0.39 is 0 Å². The van der Waals surface area contributed by atoms with Crippen LogP contribution >= 0.6 is 0 Å². The lowest BCUT2D eigenvalue weighted by Crippen LogP contribution is -2.24. The highest BCUT2D eigenvalue weighted by molar-refractivity contribution is 5.45. The predicted octanol–water partition coefficient (Wildman–Crippen LogP) is 12.3. The fourth-order valence-electron chi connectivity index (χ4n) is 4.87. The van der Waals surface area contributed by atoms with E-state index in [1.54, 1.807) is 13.8 Å². The molecule has 2 N–H and O–H groups in total. The van der Waals surface area contributed by atoms with Gasteiger partial charge in [-0.2, -0.15) is 0 Å². The van der Waals surface area contributed by atoms with Gasteiger partial charge in [-0.25, -0.2) is 0 Å². The number of benzene rings is 4.